The van der Waals surface area contributed by atoms with Crippen LogP contribution < -0.4 is 10.6 Å². The van der Waals surface area contributed by atoms with Crippen LogP contribution in [0, 0.1) is 5.92 Å². The summed E-state index contributed by atoms with van der Waals surface area (Å²) in [6.07, 6.45) is 9.07. The second kappa shape index (κ2) is 6.39. The van der Waals surface area contributed by atoms with E-state index in [0.717, 1.165) is 17.9 Å². The lowest BCUT2D eigenvalue weighted by Crippen LogP contribution is -2.39. The minimum absolute atomic E-state index is 0.113. The van der Waals surface area contributed by atoms with Crippen LogP contribution in [0.2, 0.25) is 0 Å². The van der Waals surface area contributed by atoms with Gasteiger partial charge in [0.25, 0.3) is 0 Å². The lowest BCUT2D eigenvalue weighted by atomic mass is 9.85. The van der Waals surface area contributed by atoms with Crippen molar-refractivity contribution in [2.45, 2.75) is 25.8 Å². The first-order valence-electron chi connectivity index (χ1n) is 7.28. The number of rotatable bonds is 5. The number of nitrogens with zero attached hydrogens (tertiary/aromatic N) is 3. The zero-order chi connectivity index (χ0) is 14.5. The van der Waals surface area contributed by atoms with E-state index in [0.29, 0.717) is 12.5 Å². The van der Waals surface area contributed by atoms with E-state index in [1.165, 1.54) is 19.3 Å². The Morgan fingerprint density at radius 1 is 1.33 bits per heavy atom. The lowest BCUT2D eigenvalue weighted by Gasteiger charge is -2.25. The van der Waals surface area contributed by atoms with Gasteiger partial charge in [-0.3, -0.25) is 0 Å². The fourth-order valence-electron chi connectivity index (χ4n) is 2.24. The maximum atomic E-state index is 11.7. The molecule has 1 saturated carbocycles. The molecule has 0 atom stereocenters. The molecule has 3 rings (SSSR count). The van der Waals surface area contributed by atoms with E-state index in [4.69, 9.17) is 0 Å². The Bertz CT molecular complexity index is 575. The maximum Gasteiger partial charge on any atom is 0.315 e. The van der Waals surface area contributed by atoms with Crippen LogP contribution in [0.15, 0.2) is 36.8 Å². The Balaban J connectivity index is 1.45. The average molecular weight is 285 g/mol. The molecule has 0 aliphatic heterocycles. The van der Waals surface area contributed by atoms with Gasteiger partial charge in [0.15, 0.2) is 5.82 Å². The summed E-state index contributed by atoms with van der Waals surface area (Å²) in [4.78, 5) is 16.0. The van der Waals surface area contributed by atoms with Gasteiger partial charge in [0.2, 0.25) is 0 Å². The van der Waals surface area contributed by atoms with Gasteiger partial charge in [0, 0.05) is 31.7 Å². The molecule has 0 bridgehead atoms. The third-order valence-electron chi connectivity index (χ3n) is 3.78. The van der Waals surface area contributed by atoms with E-state index in [9.17, 15) is 4.79 Å². The smallest absolute Gasteiger partial charge is 0.315 e. The summed E-state index contributed by atoms with van der Waals surface area (Å²) < 4.78 is 1.70. The minimum atomic E-state index is -0.113. The highest BCUT2D eigenvalue weighted by Gasteiger charge is 2.17. The number of pyridine rings is 1. The van der Waals surface area contributed by atoms with Gasteiger partial charge in [-0.25, -0.2) is 14.5 Å². The molecular weight excluding hydrogens is 266 g/mol. The molecule has 0 radical (unpaired) electrons. The Hall–Kier alpha value is -2.37. The van der Waals surface area contributed by atoms with Gasteiger partial charge in [0.1, 0.15) is 0 Å². The van der Waals surface area contributed by atoms with Gasteiger partial charge >= 0.3 is 6.03 Å². The number of hydrogen-bond acceptors (Lipinski definition) is 3. The summed E-state index contributed by atoms with van der Waals surface area (Å²) in [6, 6.07) is 5.56. The number of nitrogens with one attached hydrogen (secondary N) is 2. The third-order valence-corrected chi connectivity index (χ3v) is 3.78. The van der Waals surface area contributed by atoms with E-state index in [1.54, 1.807) is 17.1 Å². The topological polar surface area (TPSA) is 71.8 Å². The standard InChI is InChI=1S/C15H19N5O/c21-15(17-9-12-3-1-4-12)18-11-13-5-6-14(16-10-13)20-8-2-7-19-20/h2,5-8,10,12H,1,3-4,9,11H2,(H2,17,18,21). The van der Waals surface area contributed by atoms with Crippen LogP contribution in [-0.4, -0.2) is 27.3 Å². The van der Waals surface area contributed by atoms with E-state index in [2.05, 4.69) is 20.7 Å². The summed E-state index contributed by atoms with van der Waals surface area (Å²) in [7, 11) is 0. The van der Waals surface area contributed by atoms with Crippen molar-refractivity contribution in [3.8, 4) is 5.82 Å². The molecule has 1 aliphatic carbocycles. The summed E-state index contributed by atoms with van der Waals surface area (Å²) in [5.41, 5.74) is 0.963. The highest BCUT2D eigenvalue weighted by atomic mass is 16.2. The number of carbonyl (C=O) groups excluding carboxylic acids is 1. The molecule has 6 nitrogen and oxygen atoms in total. The number of aromatic nitrogens is 3. The van der Waals surface area contributed by atoms with Crippen LogP contribution in [0.25, 0.3) is 5.82 Å². The molecule has 2 amide bonds. The fraction of sp³-hybridized carbons (Fsp3) is 0.400. The first-order valence-corrected chi connectivity index (χ1v) is 7.28. The zero-order valence-corrected chi connectivity index (χ0v) is 11.8. The number of amides is 2. The second-order valence-electron chi connectivity index (χ2n) is 5.34. The molecule has 6 heteroatoms. The van der Waals surface area contributed by atoms with Gasteiger partial charge in [-0.05, 0) is 36.5 Å². The summed E-state index contributed by atoms with van der Waals surface area (Å²) in [5, 5.41) is 9.87. The molecular formula is C15H19N5O. The Labute approximate surface area is 123 Å². The molecule has 0 aromatic carbocycles. The summed E-state index contributed by atoms with van der Waals surface area (Å²) in [5.74, 6) is 1.43. The van der Waals surface area contributed by atoms with Crippen molar-refractivity contribution < 1.29 is 4.79 Å². The molecule has 1 fully saturated rings. The molecule has 0 spiro atoms. The quantitative estimate of drug-likeness (QED) is 0.881. The largest absolute Gasteiger partial charge is 0.338 e. The monoisotopic (exact) mass is 285 g/mol. The van der Waals surface area contributed by atoms with Crippen LogP contribution in [0.1, 0.15) is 24.8 Å². The molecule has 110 valence electrons. The van der Waals surface area contributed by atoms with Gasteiger partial charge in [0.05, 0.1) is 0 Å². The van der Waals surface area contributed by atoms with Crippen LogP contribution >= 0.6 is 0 Å². The molecule has 2 N–H and O–H groups in total. The van der Waals surface area contributed by atoms with Crippen molar-refractivity contribution in [1.29, 1.82) is 0 Å². The first-order chi connectivity index (χ1) is 10.3. The summed E-state index contributed by atoms with van der Waals surface area (Å²) in [6.45, 7) is 1.26. The Morgan fingerprint density at radius 2 is 2.24 bits per heavy atom. The number of carbonyl (C=O) groups is 1. The van der Waals surface area contributed by atoms with Crippen molar-refractivity contribution in [2.75, 3.05) is 6.54 Å². The van der Waals surface area contributed by atoms with Gasteiger partial charge in [-0.1, -0.05) is 12.5 Å². The SMILES string of the molecule is O=C(NCc1ccc(-n2cccn2)nc1)NCC1CCC1. The van der Waals surface area contributed by atoms with Gasteiger partial charge < -0.3 is 10.6 Å². The summed E-state index contributed by atoms with van der Waals surface area (Å²) >= 11 is 0. The average Bonchev–Trinajstić information content (AvgIpc) is 2.98. The highest BCUT2D eigenvalue weighted by Crippen LogP contribution is 2.24. The number of hydrogen-bond donors (Lipinski definition) is 2. The second-order valence-corrected chi connectivity index (χ2v) is 5.34. The highest BCUT2D eigenvalue weighted by molar-refractivity contribution is 5.73. The third kappa shape index (κ3) is 3.59. The van der Waals surface area contributed by atoms with Gasteiger partial charge in [-0.2, -0.15) is 5.10 Å². The fourth-order valence-corrected chi connectivity index (χ4v) is 2.24. The van der Waals surface area contributed by atoms with Crippen molar-refractivity contribution in [2.24, 2.45) is 5.92 Å². The Kier molecular flexibility index (Phi) is 4.14. The van der Waals surface area contributed by atoms with Crippen molar-refractivity contribution in [3.05, 3.63) is 42.4 Å². The van der Waals surface area contributed by atoms with Crippen molar-refractivity contribution >= 4 is 6.03 Å². The maximum absolute atomic E-state index is 11.7. The van der Waals surface area contributed by atoms with Crippen molar-refractivity contribution in [1.82, 2.24) is 25.4 Å². The molecule has 1 aliphatic rings. The first kappa shape index (κ1) is 13.6. The van der Waals surface area contributed by atoms with Gasteiger partial charge in [-0.15, -0.1) is 0 Å². The molecule has 2 aromatic heterocycles. The van der Waals surface area contributed by atoms with Crippen LogP contribution in [0.5, 0.6) is 0 Å². The number of urea groups is 1. The Morgan fingerprint density at radius 3 is 2.86 bits per heavy atom. The van der Waals surface area contributed by atoms with E-state index in [-0.39, 0.29) is 6.03 Å². The minimum Gasteiger partial charge on any atom is -0.338 e. The normalized spacial score (nSPS) is 14.5. The van der Waals surface area contributed by atoms with Crippen LogP contribution in [0.3, 0.4) is 0 Å². The van der Waals surface area contributed by atoms with Crippen LogP contribution in [-0.2, 0) is 6.54 Å². The van der Waals surface area contributed by atoms with Crippen molar-refractivity contribution in [3.63, 3.8) is 0 Å². The molecule has 2 heterocycles. The van der Waals surface area contributed by atoms with E-state index < -0.39 is 0 Å². The van der Waals surface area contributed by atoms with E-state index >= 15 is 0 Å². The molecule has 21 heavy (non-hydrogen) atoms. The predicted octanol–water partition coefficient (Wildman–Crippen LogP) is 1.87. The molecule has 0 saturated heterocycles. The van der Waals surface area contributed by atoms with E-state index in [1.807, 2.05) is 24.4 Å². The van der Waals surface area contributed by atoms with Crippen LogP contribution in [0.4, 0.5) is 4.79 Å². The lowest BCUT2D eigenvalue weighted by molar-refractivity contribution is 0.232. The molecule has 0 unspecified atom stereocenters. The predicted molar refractivity (Wildman–Crippen MR) is 78.9 cm³/mol. The molecule has 2 aromatic rings. The zero-order valence-electron chi connectivity index (χ0n) is 11.8.